The Bertz CT molecular complexity index is 1380. The molecule has 0 bridgehead atoms. The van der Waals surface area contributed by atoms with Crippen LogP contribution in [0.25, 0.3) is 0 Å². The molecule has 0 saturated carbocycles. The first-order valence-electron chi connectivity index (χ1n) is 12.9. The molecule has 0 aliphatic carbocycles. The van der Waals surface area contributed by atoms with E-state index in [9.17, 15) is 9.59 Å². The van der Waals surface area contributed by atoms with Gasteiger partial charge in [0.2, 0.25) is 5.91 Å². The van der Waals surface area contributed by atoms with Crippen LogP contribution in [0.4, 0.5) is 0 Å². The van der Waals surface area contributed by atoms with E-state index in [1.165, 1.54) is 6.21 Å². The van der Waals surface area contributed by atoms with E-state index in [1.807, 2.05) is 43.3 Å². The standard InChI is InChI=1S/C30H30Cl2N4O5/c1-2-39-28-18-22(10-12-27(28)41-16-14-33)20-34-36-30(38)25(17-21-7-4-3-5-8-21)35-29(37)9-6-15-40-26-13-11-23(31)19-24(26)32/h3-5,7-8,10-13,18-20,25H,2,6,9,15-17H2,1H3,(H,35,37)(H,36,38)/b34-20-/t25-/m1/s1. The zero-order valence-electron chi connectivity index (χ0n) is 22.4. The number of rotatable bonds is 15. The Hall–Kier alpha value is -4.26. The van der Waals surface area contributed by atoms with Gasteiger partial charge in [0.25, 0.3) is 5.91 Å². The number of carbonyl (C=O) groups excluding carboxylic acids is 2. The summed E-state index contributed by atoms with van der Waals surface area (Å²) in [5, 5.41) is 16.5. The Kier molecular flexibility index (Phi) is 12.8. The number of amides is 2. The molecule has 0 fully saturated rings. The SMILES string of the molecule is CCOc1cc(/C=N\NC(=O)[C@@H](Cc2ccccc2)NC(=O)CCCOc2ccc(Cl)cc2Cl)ccc1OCC#N. The van der Waals surface area contributed by atoms with Gasteiger partial charge in [-0.25, -0.2) is 5.43 Å². The lowest BCUT2D eigenvalue weighted by atomic mass is 10.1. The van der Waals surface area contributed by atoms with Gasteiger partial charge in [0.15, 0.2) is 18.1 Å². The normalized spacial score (nSPS) is 11.4. The summed E-state index contributed by atoms with van der Waals surface area (Å²) < 4.78 is 16.6. The molecule has 9 nitrogen and oxygen atoms in total. The van der Waals surface area contributed by atoms with E-state index in [1.54, 1.807) is 36.4 Å². The van der Waals surface area contributed by atoms with Gasteiger partial charge in [0.05, 0.1) is 24.5 Å². The van der Waals surface area contributed by atoms with Crippen molar-refractivity contribution in [2.45, 2.75) is 32.2 Å². The first-order chi connectivity index (χ1) is 19.9. The van der Waals surface area contributed by atoms with Gasteiger partial charge in [-0.15, -0.1) is 0 Å². The van der Waals surface area contributed by atoms with E-state index in [0.717, 1.165) is 5.56 Å². The zero-order valence-corrected chi connectivity index (χ0v) is 24.0. The Morgan fingerprint density at radius 2 is 1.78 bits per heavy atom. The van der Waals surface area contributed by atoms with E-state index >= 15 is 0 Å². The van der Waals surface area contributed by atoms with Crippen LogP contribution in [0, 0.1) is 11.3 Å². The van der Waals surface area contributed by atoms with Gasteiger partial charge in [0.1, 0.15) is 17.9 Å². The minimum Gasteiger partial charge on any atom is -0.492 e. The number of ether oxygens (including phenoxy) is 3. The van der Waals surface area contributed by atoms with Crippen molar-refractivity contribution in [3.05, 3.63) is 87.9 Å². The molecule has 0 radical (unpaired) electrons. The third-order valence-corrected chi connectivity index (χ3v) is 6.11. The van der Waals surface area contributed by atoms with Crippen LogP contribution in [0.5, 0.6) is 17.2 Å². The second-order valence-corrected chi connectivity index (χ2v) is 9.50. The minimum atomic E-state index is -0.852. The number of hydrazone groups is 1. The molecular formula is C30H30Cl2N4O5. The highest BCUT2D eigenvalue weighted by Gasteiger charge is 2.21. The lowest BCUT2D eigenvalue weighted by Crippen LogP contribution is -2.46. The number of hydrogen-bond donors (Lipinski definition) is 2. The van der Waals surface area contributed by atoms with E-state index in [-0.39, 0.29) is 32.0 Å². The average molecular weight is 597 g/mol. The molecule has 1 atom stereocenters. The summed E-state index contributed by atoms with van der Waals surface area (Å²) in [4.78, 5) is 25.7. The van der Waals surface area contributed by atoms with Crippen LogP contribution in [0.3, 0.4) is 0 Å². The average Bonchev–Trinajstić information content (AvgIpc) is 2.96. The summed E-state index contributed by atoms with van der Waals surface area (Å²) in [6.07, 6.45) is 2.30. The lowest BCUT2D eigenvalue weighted by Gasteiger charge is -2.17. The van der Waals surface area contributed by atoms with Gasteiger partial charge < -0.3 is 19.5 Å². The van der Waals surface area contributed by atoms with E-state index in [0.29, 0.717) is 45.9 Å². The van der Waals surface area contributed by atoms with Crippen molar-refractivity contribution in [2.75, 3.05) is 19.8 Å². The molecule has 0 aromatic heterocycles. The van der Waals surface area contributed by atoms with E-state index in [4.69, 9.17) is 42.7 Å². The molecule has 3 aromatic rings. The highest BCUT2D eigenvalue weighted by Crippen LogP contribution is 2.28. The van der Waals surface area contributed by atoms with Crippen molar-refractivity contribution in [1.29, 1.82) is 5.26 Å². The van der Waals surface area contributed by atoms with Gasteiger partial charge in [-0.1, -0.05) is 53.5 Å². The molecule has 0 spiro atoms. The van der Waals surface area contributed by atoms with Crippen LogP contribution in [0.2, 0.25) is 10.0 Å². The highest BCUT2D eigenvalue weighted by atomic mass is 35.5. The molecule has 3 aromatic carbocycles. The fourth-order valence-electron chi connectivity index (χ4n) is 3.68. The first kappa shape index (κ1) is 31.3. The molecule has 0 heterocycles. The molecule has 41 heavy (non-hydrogen) atoms. The topological polar surface area (TPSA) is 122 Å². The number of carbonyl (C=O) groups is 2. The van der Waals surface area contributed by atoms with Gasteiger partial charge in [-0.3, -0.25) is 9.59 Å². The largest absolute Gasteiger partial charge is 0.492 e. The van der Waals surface area contributed by atoms with E-state index < -0.39 is 11.9 Å². The van der Waals surface area contributed by atoms with Crippen molar-refractivity contribution in [3.63, 3.8) is 0 Å². The zero-order chi connectivity index (χ0) is 29.5. The van der Waals surface area contributed by atoms with E-state index in [2.05, 4.69) is 15.8 Å². The molecule has 214 valence electrons. The maximum atomic E-state index is 13.0. The molecule has 0 aliphatic heterocycles. The van der Waals surface area contributed by atoms with Gasteiger partial charge in [-0.2, -0.15) is 10.4 Å². The van der Waals surface area contributed by atoms with Crippen LogP contribution in [0.15, 0.2) is 71.8 Å². The lowest BCUT2D eigenvalue weighted by molar-refractivity contribution is -0.129. The monoisotopic (exact) mass is 596 g/mol. The molecule has 0 unspecified atom stereocenters. The smallest absolute Gasteiger partial charge is 0.262 e. The highest BCUT2D eigenvalue weighted by molar-refractivity contribution is 6.35. The third kappa shape index (κ3) is 10.7. The number of nitriles is 1. The summed E-state index contributed by atoms with van der Waals surface area (Å²) >= 11 is 12.0. The van der Waals surface area contributed by atoms with Gasteiger partial charge in [0, 0.05) is 17.9 Å². The molecule has 2 N–H and O–H groups in total. The Morgan fingerprint density at radius 3 is 2.51 bits per heavy atom. The summed E-state index contributed by atoms with van der Waals surface area (Å²) in [5.41, 5.74) is 4.03. The molecule has 0 aliphatic rings. The predicted molar refractivity (Wildman–Crippen MR) is 158 cm³/mol. The maximum Gasteiger partial charge on any atom is 0.262 e. The van der Waals surface area contributed by atoms with Crippen molar-refractivity contribution in [2.24, 2.45) is 5.10 Å². The fourth-order valence-corrected chi connectivity index (χ4v) is 4.15. The molecule has 11 heteroatoms. The second-order valence-electron chi connectivity index (χ2n) is 8.66. The predicted octanol–water partition coefficient (Wildman–Crippen LogP) is 5.33. The molecule has 3 rings (SSSR count). The van der Waals surface area contributed by atoms with Gasteiger partial charge in [-0.05, 0) is 60.9 Å². The van der Waals surface area contributed by atoms with Crippen molar-refractivity contribution < 1.29 is 23.8 Å². The third-order valence-electron chi connectivity index (χ3n) is 5.58. The van der Waals surface area contributed by atoms with Crippen LogP contribution >= 0.6 is 23.2 Å². The number of nitrogens with one attached hydrogen (secondary N) is 2. The van der Waals surface area contributed by atoms with Crippen LogP contribution in [-0.4, -0.2) is 43.9 Å². The Balaban J connectivity index is 1.58. The van der Waals surface area contributed by atoms with Crippen LogP contribution < -0.4 is 25.0 Å². The number of nitrogens with zero attached hydrogens (tertiary/aromatic N) is 2. The van der Waals surface area contributed by atoms with Crippen LogP contribution in [0.1, 0.15) is 30.9 Å². The number of halogens is 2. The Labute approximate surface area is 249 Å². The maximum absolute atomic E-state index is 13.0. The quantitative estimate of drug-likeness (QED) is 0.139. The fraction of sp³-hybridized carbons (Fsp3) is 0.267. The minimum absolute atomic E-state index is 0.109. The summed E-state index contributed by atoms with van der Waals surface area (Å²) in [7, 11) is 0. The Morgan fingerprint density at radius 1 is 1.00 bits per heavy atom. The van der Waals surface area contributed by atoms with Crippen molar-refractivity contribution >= 4 is 41.2 Å². The van der Waals surface area contributed by atoms with Gasteiger partial charge >= 0.3 is 0 Å². The van der Waals surface area contributed by atoms with Crippen molar-refractivity contribution in [1.82, 2.24) is 10.7 Å². The summed E-state index contributed by atoms with van der Waals surface area (Å²) in [6.45, 7) is 2.39. The molecule has 2 amide bonds. The molecular weight excluding hydrogens is 567 g/mol. The first-order valence-corrected chi connectivity index (χ1v) is 13.7. The van der Waals surface area contributed by atoms with Crippen molar-refractivity contribution in [3.8, 4) is 23.3 Å². The number of benzene rings is 3. The van der Waals surface area contributed by atoms with Crippen LogP contribution in [-0.2, 0) is 16.0 Å². The summed E-state index contributed by atoms with van der Waals surface area (Å²) in [5.74, 6) is 0.594. The second kappa shape index (κ2) is 16.8. The summed E-state index contributed by atoms with van der Waals surface area (Å²) in [6, 6.07) is 20.4. The number of hydrogen-bond acceptors (Lipinski definition) is 7. The molecule has 0 saturated heterocycles.